The van der Waals surface area contributed by atoms with Crippen molar-refractivity contribution in [1.29, 1.82) is 0 Å². The van der Waals surface area contributed by atoms with Crippen LogP contribution in [-0.2, 0) is 4.79 Å². The maximum atomic E-state index is 13.2. The van der Waals surface area contributed by atoms with Gasteiger partial charge in [-0.15, -0.1) is 11.3 Å². The number of aromatic nitrogens is 2. The smallest absolute Gasteiger partial charge is 0.263 e. The second-order valence-electron chi connectivity index (χ2n) is 6.53. The predicted octanol–water partition coefficient (Wildman–Crippen LogP) is 4.56. The molecule has 0 saturated heterocycles. The number of carbonyl (C=O) groups excluding carboxylic acids is 2. The number of hydrogen-bond donors (Lipinski definition) is 2. The number of carbonyl (C=O) groups is 2. The average Bonchev–Trinajstić information content (AvgIpc) is 3.27. The number of amides is 2. The summed E-state index contributed by atoms with van der Waals surface area (Å²) in [7, 11) is 0. The van der Waals surface area contributed by atoms with E-state index in [4.69, 9.17) is 11.6 Å². The van der Waals surface area contributed by atoms with Crippen LogP contribution in [0.25, 0.3) is 15.8 Å². The molecule has 6 nitrogen and oxygen atoms in total. The minimum absolute atomic E-state index is 0.239. The minimum atomic E-state index is -0.427. The van der Waals surface area contributed by atoms with Gasteiger partial charge in [-0.25, -0.2) is 9.07 Å². The van der Waals surface area contributed by atoms with Gasteiger partial charge in [0.05, 0.1) is 22.9 Å². The van der Waals surface area contributed by atoms with E-state index in [-0.39, 0.29) is 12.4 Å². The Hall–Kier alpha value is -3.23. The average molecular weight is 443 g/mol. The lowest BCUT2D eigenvalue weighted by molar-refractivity contribution is -0.115. The third-order valence-corrected chi connectivity index (χ3v) is 6.00. The molecule has 0 bridgehead atoms. The number of halogens is 2. The van der Waals surface area contributed by atoms with Gasteiger partial charge in [0.1, 0.15) is 16.5 Å². The molecule has 2 aromatic carbocycles. The lowest BCUT2D eigenvalue weighted by Gasteiger charge is -2.09. The highest BCUT2D eigenvalue weighted by Crippen LogP contribution is 2.34. The first-order valence-electron chi connectivity index (χ1n) is 9.00. The highest BCUT2D eigenvalue weighted by Gasteiger charge is 2.18. The molecular weight excluding hydrogens is 427 g/mol. The van der Waals surface area contributed by atoms with E-state index >= 15 is 0 Å². The van der Waals surface area contributed by atoms with Crippen molar-refractivity contribution in [2.24, 2.45) is 0 Å². The Balaban J connectivity index is 1.44. The summed E-state index contributed by atoms with van der Waals surface area (Å²) < 4.78 is 15.6. The van der Waals surface area contributed by atoms with Crippen molar-refractivity contribution < 1.29 is 14.0 Å². The fraction of sp³-hybridized carbons (Fsp3) is 0.0952. The normalized spacial score (nSPS) is 10.9. The summed E-state index contributed by atoms with van der Waals surface area (Å²) in [5, 5.41) is 10.8. The minimum Gasteiger partial charge on any atom is -0.342 e. The molecule has 0 saturated carbocycles. The predicted molar refractivity (Wildman–Crippen MR) is 116 cm³/mol. The number of benzene rings is 2. The second-order valence-corrected chi connectivity index (χ2v) is 7.96. The molecule has 0 aliphatic rings. The molecule has 4 aromatic rings. The zero-order valence-electron chi connectivity index (χ0n) is 15.8. The van der Waals surface area contributed by atoms with Gasteiger partial charge in [-0.2, -0.15) is 5.10 Å². The fourth-order valence-corrected chi connectivity index (χ4v) is 4.39. The van der Waals surface area contributed by atoms with E-state index in [2.05, 4.69) is 15.7 Å². The lowest BCUT2D eigenvalue weighted by Crippen LogP contribution is -2.33. The number of nitrogens with one attached hydrogen (secondary N) is 2. The van der Waals surface area contributed by atoms with Gasteiger partial charge < -0.3 is 10.6 Å². The van der Waals surface area contributed by atoms with Crippen LogP contribution in [0.2, 0.25) is 5.02 Å². The maximum absolute atomic E-state index is 13.2. The summed E-state index contributed by atoms with van der Waals surface area (Å²) in [6.07, 6.45) is 0. The zero-order chi connectivity index (χ0) is 21.3. The second kappa shape index (κ2) is 8.25. The van der Waals surface area contributed by atoms with Crippen LogP contribution in [0.3, 0.4) is 0 Å². The third-order valence-electron chi connectivity index (χ3n) is 4.32. The Morgan fingerprint density at radius 1 is 1.17 bits per heavy atom. The molecule has 30 heavy (non-hydrogen) atoms. The standard InChI is InChI=1S/C21H16ClFN4O2S/c1-12-10-17(27(26-12)14-8-6-13(23)7-9-14)25-18(28)11-24-21(29)20-19(22)15-4-2-3-5-16(15)30-20/h2-10H,11H2,1H3,(H,24,29)(H,25,28). The van der Waals surface area contributed by atoms with E-state index in [1.54, 1.807) is 25.1 Å². The number of anilines is 1. The van der Waals surface area contributed by atoms with Crippen LogP contribution in [0.5, 0.6) is 0 Å². The Morgan fingerprint density at radius 3 is 2.63 bits per heavy atom. The molecule has 0 radical (unpaired) electrons. The van der Waals surface area contributed by atoms with Crippen LogP contribution >= 0.6 is 22.9 Å². The summed E-state index contributed by atoms with van der Waals surface area (Å²) in [6.45, 7) is 1.54. The van der Waals surface area contributed by atoms with Gasteiger partial charge in [0.15, 0.2) is 0 Å². The molecule has 4 rings (SSSR count). The van der Waals surface area contributed by atoms with Gasteiger partial charge in [-0.3, -0.25) is 9.59 Å². The molecule has 0 unspecified atom stereocenters. The summed E-state index contributed by atoms with van der Waals surface area (Å²) in [6, 6.07) is 14.9. The van der Waals surface area contributed by atoms with Crippen LogP contribution < -0.4 is 10.6 Å². The number of thiophene rings is 1. The van der Waals surface area contributed by atoms with E-state index in [1.165, 1.54) is 28.2 Å². The van der Waals surface area contributed by atoms with E-state index in [0.717, 1.165) is 10.1 Å². The summed E-state index contributed by atoms with van der Waals surface area (Å²) in [4.78, 5) is 25.3. The van der Waals surface area contributed by atoms with E-state index in [9.17, 15) is 14.0 Å². The molecule has 0 spiro atoms. The van der Waals surface area contributed by atoms with E-state index in [1.807, 2.05) is 24.3 Å². The molecule has 2 aromatic heterocycles. The van der Waals surface area contributed by atoms with Crippen molar-refractivity contribution in [2.75, 3.05) is 11.9 Å². The first-order chi connectivity index (χ1) is 14.4. The quantitative estimate of drug-likeness (QED) is 0.476. The Morgan fingerprint density at radius 2 is 1.90 bits per heavy atom. The summed E-state index contributed by atoms with van der Waals surface area (Å²) >= 11 is 7.58. The number of fused-ring (bicyclic) bond motifs is 1. The number of aryl methyl sites for hydroxylation is 1. The van der Waals surface area contributed by atoms with Crippen LogP contribution in [-0.4, -0.2) is 28.1 Å². The van der Waals surface area contributed by atoms with Crippen molar-refractivity contribution in [1.82, 2.24) is 15.1 Å². The molecule has 0 fully saturated rings. The van der Waals surface area contributed by atoms with Gasteiger partial charge in [-0.05, 0) is 37.3 Å². The van der Waals surface area contributed by atoms with Gasteiger partial charge in [0, 0.05) is 16.2 Å². The van der Waals surface area contributed by atoms with E-state index < -0.39 is 11.8 Å². The molecule has 2 N–H and O–H groups in total. The molecular formula is C21H16ClFN4O2S. The number of hydrogen-bond acceptors (Lipinski definition) is 4. The van der Waals surface area contributed by atoms with Crippen molar-refractivity contribution in [3.8, 4) is 5.69 Å². The maximum Gasteiger partial charge on any atom is 0.263 e. The molecule has 152 valence electrons. The largest absolute Gasteiger partial charge is 0.342 e. The topological polar surface area (TPSA) is 76.0 Å². The highest BCUT2D eigenvalue weighted by molar-refractivity contribution is 7.21. The summed E-state index contributed by atoms with van der Waals surface area (Å²) in [5.41, 5.74) is 1.27. The Kier molecular flexibility index (Phi) is 5.52. The van der Waals surface area contributed by atoms with Crippen LogP contribution in [0, 0.1) is 12.7 Å². The fourth-order valence-electron chi connectivity index (χ4n) is 2.96. The van der Waals surface area contributed by atoms with Gasteiger partial charge in [-0.1, -0.05) is 29.8 Å². The van der Waals surface area contributed by atoms with Crippen LogP contribution in [0.1, 0.15) is 15.4 Å². The van der Waals surface area contributed by atoms with Crippen molar-refractivity contribution in [3.05, 3.63) is 76.0 Å². The number of nitrogens with zero attached hydrogens (tertiary/aromatic N) is 2. The Labute approximate surface area is 180 Å². The lowest BCUT2D eigenvalue weighted by atomic mass is 10.2. The molecule has 2 heterocycles. The van der Waals surface area contributed by atoms with Crippen LogP contribution in [0.15, 0.2) is 54.6 Å². The number of rotatable bonds is 5. The van der Waals surface area contributed by atoms with Crippen LogP contribution in [0.4, 0.5) is 10.2 Å². The monoisotopic (exact) mass is 442 g/mol. The van der Waals surface area contributed by atoms with Gasteiger partial charge >= 0.3 is 0 Å². The summed E-state index contributed by atoms with van der Waals surface area (Å²) in [5.74, 6) is -0.794. The molecule has 2 amide bonds. The molecule has 9 heteroatoms. The molecule has 0 aliphatic carbocycles. The van der Waals surface area contributed by atoms with Gasteiger partial charge in [0.25, 0.3) is 5.91 Å². The highest BCUT2D eigenvalue weighted by atomic mass is 35.5. The van der Waals surface area contributed by atoms with Crippen molar-refractivity contribution in [3.63, 3.8) is 0 Å². The third kappa shape index (κ3) is 4.05. The molecule has 0 atom stereocenters. The zero-order valence-corrected chi connectivity index (χ0v) is 17.4. The Bertz CT molecular complexity index is 1250. The van der Waals surface area contributed by atoms with Gasteiger partial charge in [0.2, 0.25) is 5.91 Å². The first-order valence-corrected chi connectivity index (χ1v) is 10.2. The molecule has 0 aliphatic heterocycles. The van der Waals surface area contributed by atoms with Crippen molar-refractivity contribution >= 4 is 50.7 Å². The first kappa shape index (κ1) is 20.1. The SMILES string of the molecule is Cc1cc(NC(=O)CNC(=O)c2sc3ccccc3c2Cl)n(-c2ccc(F)cc2)n1. The van der Waals surface area contributed by atoms with E-state index in [0.29, 0.717) is 27.1 Å². The van der Waals surface area contributed by atoms with Crippen molar-refractivity contribution in [2.45, 2.75) is 6.92 Å².